The van der Waals surface area contributed by atoms with Crippen molar-refractivity contribution in [2.24, 2.45) is 5.92 Å². The molecule has 0 aliphatic rings. The molecule has 2 rings (SSSR count). The quantitative estimate of drug-likeness (QED) is 0.222. The number of rotatable bonds is 17. The first-order chi connectivity index (χ1) is 15.6. The summed E-state index contributed by atoms with van der Waals surface area (Å²) in [6.07, 6.45) is 16.3. The molecule has 0 amide bonds. The van der Waals surface area contributed by atoms with Gasteiger partial charge in [-0.05, 0) is 54.0 Å². The van der Waals surface area contributed by atoms with E-state index in [1.165, 1.54) is 69.8 Å². The molecule has 2 aromatic rings. The van der Waals surface area contributed by atoms with Gasteiger partial charge in [-0.15, -0.1) is 0 Å². The van der Waals surface area contributed by atoms with E-state index in [9.17, 15) is 4.39 Å². The van der Waals surface area contributed by atoms with E-state index >= 15 is 0 Å². The van der Waals surface area contributed by atoms with Gasteiger partial charge in [0.25, 0.3) is 0 Å². The zero-order chi connectivity index (χ0) is 23.0. The fourth-order valence-corrected chi connectivity index (χ4v) is 4.11. The van der Waals surface area contributed by atoms with Gasteiger partial charge in [0, 0.05) is 0 Å². The van der Waals surface area contributed by atoms with Crippen molar-refractivity contribution >= 4 is 0 Å². The SMILES string of the molecule is CCCCCCCCc1ccc(-c2ccc(OCCCCCCC(C)CC)c(F)c2)cc1. The van der Waals surface area contributed by atoms with E-state index in [2.05, 4.69) is 45.0 Å². The van der Waals surface area contributed by atoms with Crippen molar-refractivity contribution in [2.45, 2.75) is 104 Å². The van der Waals surface area contributed by atoms with Gasteiger partial charge in [-0.1, -0.05) is 115 Å². The summed E-state index contributed by atoms with van der Waals surface area (Å²) in [6.45, 7) is 7.42. The van der Waals surface area contributed by atoms with E-state index in [-0.39, 0.29) is 5.82 Å². The lowest BCUT2D eigenvalue weighted by molar-refractivity contribution is 0.289. The van der Waals surface area contributed by atoms with Crippen molar-refractivity contribution in [2.75, 3.05) is 6.61 Å². The first kappa shape index (κ1) is 26.4. The van der Waals surface area contributed by atoms with Crippen molar-refractivity contribution in [3.8, 4) is 16.9 Å². The summed E-state index contributed by atoms with van der Waals surface area (Å²) in [4.78, 5) is 0. The van der Waals surface area contributed by atoms with E-state index in [4.69, 9.17) is 4.74 Å². The molecule has 0 heterocycles. The van der Waals surface area contributed by atoms with Gasteiger partial charge in [-0.3, -0.25) is 0 Å². The lowest BCUT2D eigenvalue weighted by Gasteiger charge is -2.10. The Bertz CT molecular complexity index is 737. The highest BCUT2D eigenvalue weighted by atomic mass is 19.1. The van der Waals surface area contributed by atoms with Gasteiger partial charge < -0.3 is 4.74 Å². The minimum absolute atomic E-state index is 0.268. The minimum atomic E-state index is -0.268. The molecule has 0 aliphatic heterocycles. The third-order valence-electron chi connectivity index (χ3n) is 6.58. The summed E-state index contributed by atoms with van der Waals surface area (Å²) in [5.41, 5.74) is 3.34. The second-order valence-corrected chi connectivity index (χ2v) is 9.42. The van der Waals surface area contributed by atoms with Gasteiger partial charge in [-0.2, -0.15) is 0 Å². The number of hydrogen-bond acceptors (Lipinski definition) is 1. The molecule has 0 saturated heterocycles. The Labute approximate surface area is 196 Å². The second kappa shape index (κ2) is 15.9. The Morgan fingerprint density at radius 3 is 2.12 bits per heavy atom. The molecule has 0 radical (unpaired) electrons. The van der Waals surface area contributed by atoms with Crippen molar-refractivity contribution in [3.63, 3.8) is 0 Å². The Hall–Kier alpha value is -1.83. The lowest BCUT2D eigenvalue weighted by Crippen LogP contribution is -2.00. The minimum Gasteiger partial charge on any atom is -0.491 e. The van der Waals surface area contributed by atoms with Gasteiger partial charge in [0.15, 0.2) is 11.6 Å². The van der Waals surface area contributed by atoms with Crippen LogP contribution in [0.4, 0.5) is 4.39 Å². The summed E-state index contributed by atoms with van der Waals surface area (Å²) in [7, 11) is 0. The Morgan fingerprint density at radius 2 is 1.41 bits per heavy atom. The standard InChI is InChI=1S/C30H45FO/c1-4-6-7-8-9-13-16-26-17-19-27(20-18-26)28-21-22-30(29(31)24-28)32-23-14-11-10-12-15-25(3)5-2/h17-22,24-25H,4-16,23H2,1-3H3. The fraction of sp³-hybridized carbons (Fsp3) is 0.600. The van der Waals surface area contributed by atoms with Gasteiger partial charge in [-0.25, -0.2) is 4.39 Å². The second-order valence-electron chi connectivity index (χ2n) is 9.42. The maximum Gasteiger partial charge on any atom is 0.165 e. The highest BCUT2D eigenvalue weighted by molar-refractivity contribution is 5.64. The van der Waals surface area contributed by atoms with Gasteiger partial charge >= 0.3 is 0 Å². The molecule has 2 heteroatoms. The van der Waals surface area contributed by atoms with Crippen LogP contribution in [0, 0.1) is 11.7 Å². The average Bonchev–Trinajstić information content (AvgIpc) is 2.81. The van der Waals surface area contributed by atoms with E-state index in [1.807, 2.05) is 6.07 Å². The molecule has 0 N–H and O–H groups in total. The van der Waals surface area contributed by atoms with Crippen LogP contribution in [0.1, 0.15) is 103 Å². The molecular formula is C30H45FO. The smallest absolute Gasteiger partial charge is 0.165 e. The monoisotopic (exact) mass is 440 g/mol. The predicted octanol–water partition coefficient (Wildman–Crippen LogP) is 9.77. The largest absolute Gasteiger partial charge is 0.491 e. The first-order valence-corrected chi connectivity index (χ1v) is 13.2. The zero-order valence-electron chi connectivity index (χ0n) is 20.8. The molecule has 0 fully saturated rings. The molecule has 32 heavy (non-hydrogen) atoms. The van der Waals surface area contributed by atoms with Crippen LogP contribution in [0.2, 0.25) is 0 Å². The molecule has 1 nitrogen and oxygen atoms in total. The summed E-state index contributed by atoms with van der Waals surface area (Å²) in [5.74, 6) is 0.929. The number of benzene rings is 2. The Morgan fingerprint density at radius 1 is 0.750 bits per heavy atom. The first-order valence-electron chi connectivity index (χ1n) is 13.2. The predicted molar refractivity (Wildman–Crippen MR) is 137 cm³/mol. The molecule has 0 aromatic heterocycles. The molecule has 1 unspecified atom stereocenters. The summed E-state index contributed by atoms with van der Waals surface area (Å²) in [6, 6.07) is 13.9. The molecular weight excluding hydrogens is 395 g/mol. The topological polar surface area (TPSA) is 9.23 Å². The van der Waals surface area contributed by atoms with Crippen LogP contribution in [0.15, 0.2) is 42.5 Å². The highest BCUT2D eigenvalue weighted by Gasteiger charge is 2.07. The van der Waals surface area contributed by atoms with Gasteiger partial charge in [0.1, 0.15) is 0 Å². The zero-order valence-corrected chi connectivity index (χ0v) is 20.8. The van der Waals surface area contributed by atoms with Crippen LogP contribution in [-0.4, -0.2) is 6.61 Å². The van der Waals surface area contributed by atoms with Crippen LogP contribution in [0.5, 0.6) is 5.75 Å². The highest BCUT2D eigenvalue weighted by Crippen LogP contribution is 2.26. The molecule has 0 spiro atoms. The van der Waals surface area contributed by atoms with Crippen LogP contribution in [-0.2, 0) is 6.42 Å². The summed E-state index contributed by atoms with van der Waals surface area (Å²) < 4.78 is 20.2. The maximum atomic E-state index is 14.5. The van der Waals surface area contributed by atoms with Crippen LogP contribution >= 0.6 is 0 Å². The van der Waals surface area contributed by atoms with E-state index in [1.54, 1.807) is 12.1 Å². The number of ether oxygens (including phenoxy) is 1. The Kier molecular flexibility index (Phi) is 13.1. The van der Waals surface area contributed by atoms with Crippen LogP contribution in [0.25, 0.3) is 11.1 Å². The lowest BCUT2D eigenvalue weighted by atomic mass is 10.0. The maximum absolute atomic E-state index is 14.5. The molecule has 1 atom stereocenters. The molecule has 2 aromatic carbocycles. The third-order valence-corrected chi connectivity index (χ3v) is 6.58. The molecule has 0 aliphatic carbocycles. The van der Waals surface area contributed by atoms with E-state index in [0.29, 0.717) is 12.4 Å². The molecule has 178 valence electrons. The third kappa shape index (κ3) is 10.2. The van der Waals surface area contributed by atoms with Gasteiger partial charge in [0.05, 0.1) is 6.61 Å². The van der Waals surface area contributed by atoms with Crippen molar-refractivity contribution in [1.82, 2.24) is 0 Å². The fourth-order valence-electron chi connectivity index (χ4n) is 4.11. The molecule has 0 bridgehead atoms. The van der Waals surface area contributed by atoms with E-state index < -0.39 is 0 Å². The van der Waals surface area contributed by atoms with Crippen molar-refractivity contribution < 1.29 is 9.13 Å². The summed E-state index contributed by atoms with van der Waals surface area (Å²) in [5, 5.41) is 0. The normalized spacial score (nSPS) is 12.1. The molecule has 0 saturated carbocycles. The van der Waals surface area contributed by atoms with Crippen LogP contribution in [0.3, 0.4) is 0 Å². The van der Waals surface area contributed by atoms with E-state index in [0.717, 1.165) is 36.3 Å². The van der Waals surface area contributed by atoms with Crippen molar-refractivity contribution in [3.05, 3.63) is 53.8 Å². The van der Waals surface area contributed by atoms with Crippen molar-refractivity contribution in [1.29, 1.82) is 0 Å². The number of aryl methyl sites for hydroxylation is 1. The number of halogens is 1. The Balaban J connectivity index is 1.71. The average molecular weight is 441 g/mol. The summed E-state index contributed by atoms with van der Waals surface area (Å²) >= 11 is 0. The number of unbranched alkanes of at least 4 members (excludes halogenated alkanes) is 8. The van der Waals surface area contributed by atoms with Gasteiger partial charge in [0.2, 0.25) is 0 Å². The number of hydrogen-bond donors (Lipinski definition) is 0. The van der Waals surface area contributed by atoms with Crippen LogP contribution < -0.4 is 4.74 Å².